The SMILES string of the molecule is CN1Cc2c(N)cccc2C(c2ccc(Cl)cc2Cl)C1. The number of nitrogens with two attached hydrogens (primary N) is 1. The maximum absolute atomic E-state index is 6.38. The lowest BCUT2D eigenvalue weighted by molar-refractivity contribution is 0.296. The van der Waals surface area contributed by atoms with Gasteiger partial charge in [-0.1, -0.05) is 41.4 Å². The second-order valence-electron chi connectivity index (χ2n) is 5.33. The van der Waals surface area contributed by atoms with E-state index in [1.807, 2.05) is 24.3 Å². The zero-order valence-electron chi connectivity index (χ0n) is 11.2. The number of hydrogen-bond acceptors (Lipinski definition) is 2. The highest BCUT2D eigenvalue weighted by molar-refractivity contribution is 6.35. The van der Waals surface area contributed by atoms with Crippen LogP contribution in [0.3, 0.4) is 0 Å². The van der Waals surface area contributed by atoms with Crippen LogP contribution >= 0.6 is 23.2 Å². The number of fused-ring (bicyclic) bond motifs is 1. The molecule has 2 N–H and O–H groups in total. The van der Waals surface area contributed by atoms with E-state index in [1.54, 1.807) is 6.07 Å². The van der Waals surface area contributed by atoms with Crippen molar-refractivity contribution in [2.75, 3.05) is 19.3 Å². The van der Waals surface area contributed by atoms with E-state index < -0.39 is 0 Å². The Hall–Kier alpha value is -1.22. The van der Waals surface area contributed by atoms with Gasteiger partial charge in [-0.05, 0) is 41.9 Å². The zero-order chi connectivity index (χ0) is 14.3. The van der Waals surface area contributed by atoms with Gasteiger partial charge < -0.3 is 10.6 Å². The van der Waals surface area contributed by atoms with E-state index in [9.17, 15) is 0 Å². The van der Waals surface area contributed by atoms with Crippen LogP contribution in [0.5, 0.6) is 0 Å². The van der Waals surface area contributed by atoms with Gasteiger partial charge in [-0.25, -0.2) is 0 Å². The average Bonchev–Trinajstić information content (AvgIpc) is 2.39. The average molecular weight is 307 g/mol. The van der Waals surface area contributed by atoms with Gasteiger partial charge in [0.2, 0.25) is 0 Å². The van der Waals surface area contributed by atoms with Crippen LogP contribution in [0.4, 0.5) is 5.69 Å². The molecule has 2 aromatic carbocycles. The fourth-order valence-electron chi connectivity index (χ4n) is 2.93. The molecule has 1 atom stereocenters. The summed E-state index contributed by atoms with van der Waals surface area (Å²) in [5.74, 6) is 0.233. The highest BCUT2D eigenvalue weighted by Crippen LogP contribution is 2.38. The maximum Gasteiger partial charge on any atom is 0.0459 e. The summed E-state index contributed by atoms with van der Waals surface area (Å²) in [5.41, 5.74) is 10.6. The fourth-order valence-corrected chi connectivity index (χ4v) is 3.47. The predicted octanol–water partition coefficient (Wildman–Crippen LogP) is 4.15. The Bertz CT molecular complexity index is 655. The first kappa shape index (κ1) is 13.7. The van der Waals surface area contributed by atoms with Gasteiger partial charge in [0.15, 0.2) is 0 Å². The van der Waals surface area contributed by atoms with Gasteiger partial charge in [0, 0.05) is 34.7 Å². The van der Waals surface area contributed by atoms with Gasteiger partial charge in [-0.15, -0.1) is 0 Å². The molecule has 1 aliphatic heterocycles. The first-order valence-electron chi connectivity index (χ1n) is 6.57. The number of likely N-dealkylation sites (N-methyl/N-ethyl adjacent to an activating group) is 1. The Morgan fingerprint density at radius 2 is 1.95 bits per heavy atom. The molecule has 3 rings (SSSR count). The lowest BCUT2D eigenvalue weighted by atomic mass is 9.84. The Kier molecular flexibility index (Phi) is 3.63. The Balaban J connectivity index is 2.13. The van der Waals surface area contributed by atoms with Crippen LogP contribution in [0.15, 0.2) is 36.4 Å². The summed E-state index contributed by atoms with van der Waals surface area (Å²) in [5, 5.41) is 1.38. The highest BCUT2D eigenvalue weighted by Gasteiger charge is 2.27. The van der Waals surface area contributed by atoms with Crippen molar-refractivity contribution in [2.45, 2.75) is 12.5 Å². The number of nitrogens with zero attached hydrogens (tertiary/aromatic N) is 1. The minimum atomic E-state index is 0.233. The van der Waals surface area contributed by atoms with E-state index in [1.165, 1.54) is 11.1 Å². The van der Waals surface area contributed by atoms with Gasteiger partial charge in [0.25, 0.3) is 0 Å². The standard InChI is InChI=1S/C16H16Cl2N2/c1-20-8-13(12-6-5-10(17)7-15(12)18)11-3-2-4-16(19)14(11)9-20/h2-7,13H,8-9,19H2,1H3. The molecule has 0 aliphatic carbocycles. The van der Waals surface area contributed by atoms with E-state index in [0.717, 1.165) is 24.3 Å². The zero-order valence-corrected chi connectivity index (χ0v) is 12.7. The van der Waals surface area contributed by atoms with E-state index >= 15 is 0 Å². The van der Waals surface area contributed by atoms with Gasteiger partial charge in [0.1, 0.15) is 0 Å². The topological polar surface area (TPSA) is 29.3 Å². The monoisotopic (exact) mass is 306 g/mol. The Labute approximate surface area is 129 Å². The number of benzene rings is 2. The Morgan fingerprint density at radius 3 is 2.70 bits per heavy atom. The predicted molar refractivity (Wildman–Crippen MR) is 85.5 cm³/mol. The van der Waals surface area contributed by atoms with Crippen LogP contribution in [0.1, 0.15) is 22.6 Å². The van der Waals surface area contributed by atoms with E-state index in [2.05, 4.69) is 18.0 Å². The Morgan fingerprint density at radius 1 is 1.15 bits per heavy atom. The van der Waals surface area contributed by atoms with Crippen molar-refractivity contribution in [1.29, 1.82) is 0 Å². The van der Waals surface area contributed by atoms with Crippen molar-refractivity contribution in [1.82, 2.24) is 4.90 Å². The molecule has 20 heavy (non-hydrogen) atoms. The van der Waals surface area contributed by atoms with Crippen molar-refractivity contribution >= 4 is 28.9 Å². The molecule has 0 saturated carbocycles. The smallest absolute Gasteiger partial charge is 0.0459 e. The van der Waals surface area contributed by atoms with Gasteiger partial charge >= 0.3 is 0 Å². The number of anilines is 1. The third-order valence-corrected chi connectivity index (χ3v) is 4.45. The van der Waals surface area contributed by atoms with Crippen molar-refractivity contribution in [3.8, 4) is 0 Å². The molecule has 1 unspecified atom stereocenters. The molecule has 0 aromatic heterocycles. The van der Waals surface area contributed by atoms with Crippen molar-refractivity contribution < 1.29 is 0 Å². The normalized spacial score (nSPS) is 18.9. The second-order valence-corrected chi connectivity index (χ2v) is 6.17. The van der Waals surface area contributed by atoms with Crippen molar-refractivity contribution in [3.05, 3.63) is 63.1 Å². The molecule has 0 radical (unpaired) electrons. The molecule has 104 valence electrons. The summed E-state index contributed by atoms with van der Waals surface area (Å²) in [7, 11) is 2.10. The summed E-state index contributed by atoms with van der Waals surface area (Å²) in [6.45, 7) is 1.81. The molecule has 2 nitrogen and oxygen atoms in total. The van der Waals surface area contributed by atoms with E-state index in [4.69, 9.17) is 28.9 Å². The minimum absolute atomic E-state index is 0.233. The molecule has 0 bridgehead atoms. The molecule has 1 heterocycles. The summed E-state index contributed by atoms with van der Waals surface area (Å²) in [6.07, 6.45) is 0. The van der Waals surface area contributed by atoms with Crippen LogP contribution in [-0.2, 0) is 6.54 Å². The molecule has 0 saturated heterocycles. The van der Waals surface area contributed by atoms with Gasteiger partial charge in [-0.2, -0.15) is 0 Å². The van der Waals surface area contributed by atoms with Crippen LogP contribution < -0.4 is 5.73 Å². The van der Waals surface area contributed by atoms with E-state index in [0.29, 0.717) is 10.0 Å². The largest absolute Gasteiger partial charge is 0.398 e. The van der Waals surface area contributed by atoms with Crippen LogP contribution in [-0.4, -0.2) is 18.5 Å². The lowest BCUT2D eigenvalue weighted by Gasteiger charge is -2.33. The molecule has 1 aliphatic rings. The van der Waals surface area contributed by atoms with Crippen molar-refractivity contribution in [2.24, 2.45) is 0 Å². The first-order valence-corrected chi connectivity index (χ1v) is 7.32. The quantitative estimate of drug-likeness (QED) is 0.802. The highest BCUT2D eigenvalue weighted by atomic mass is 35.5. The number of hydrogen-bond donors (Lipinski definition) is 1. The van der Waals surface area contributed by atoms with Crippen LogP contribution in [0.25, 0.3) is 0 Å². The molecular formula is C16H16Cl2N2. The summed E-state index contributed by atoms with van der Waals surface area (Å²) >= 11 is 12.4. The summed E-state index contributed by atoms with van der Waals surface area (Å²) < 4.78 is 0. The second kappa shape index (κ2) is 5.28. The maximum atomic E-state index is 6.38. The lowest BCUT2D eigenvalue weighted by Crippen LogP contribution is -2.31. The molecule has 4 heteroatoms. The van der Waals surface area contributed by atoms with E-state index in [-0.39, 0.29) is 5.92 Å². The third-order valence-electron chi connectivity index (χ3n) is 3.88. The third kappa shape index (κ3) is 2.39. The fraction of sp³-hybridized carbons (Fsp3) is 0.250. The molecule has 0 spiro atoms. The van der Waals surface area contributed by atoms with Gasteiger partial charge in [0.05, 0.1) is 0 Å². The summed E-state index contributed by atoms with van der Waals surface area (Å²) in [6, 6.07) is 11.8. The molecule has 0 fully saturated rings. The van der Waals surface area contributed by atoms with Crippen molar-refractivity contribution in [3.63, 3.8) is 0 Å². The molecule has 2 aromatic rings. The number of nitrogen functional groups attached to an aromatic ring is 1. The van der Waals surface area contributed by atoms with Gasteiger partial charge in [-0.3, -0.25) is 0 Å². The molecule has 0 amide bonds. The number of halogens is 2. The van der Waals surface area contributed by atoms with Crippen LogP contribution in [0.2, 0.25) is 10.0 Å². The van der Waals surface area contributed by atoms with Crippen LogP contribution in [0, 0.1) is 0 Å². The molecular weight excluding hydrogens is 291 g/mol. The number of rotatable bonds is 1. The summed E-state index contributed by atoms with van der Waals surface area (Å²) in [4.78, 5) is 2.27. The first-order chi connectivity index (χ1) is 9.56. The minimum Gasteiger partial charge on any atom is -0.398 e.